The molecule has 0 bridgehead atoms. The predicted octanol–water partition coefficient (Wildman–Crippen LogP) is 4.22. The van der Waals surface area contributed by atoms with E-state index in [2.05, 4.69) is 41.8 Å². The molecule has 1 aromatic heterocycles. The Labute approximate surface area is 153 Å². The van der Waals surface area contributed by atoms with Crippen LogP contribution in [0.3, 0.4) is 0 Å². The highest BCUT2D eigenvalue weighted by Crippen LogP contribution is 2.30. The van der Waals surface area contributed by atoms with Crippen molar-refractivity contribution in [3.63, 3.8) is 0 Å². The van der Waals surface area contributed by atoms with Crippen LogP contribution in [0.2, 0.25) is 0 Å². The zero-order valence-corrected chi connectivity index (χ0v) is 15.5. The number of carbonyl (C=O) groups excluding carboxylic acids is 1. The first-order valence-electron chi connectivity index (χ1n) is 9.28. The van der Waals surface area contributed by atoms with Crippen LogP contribution in [-0.2, 0) is 24.2 Å². The minimum Gasteiger partial charge on any atom is -0.379 e. The van der Waals surface area contributed by atoms with Crippen LogP contribution in [0.4, 0.5) is 5.69 Å². The average Bonchev–Trinajstić information content (AvgIpc) is 3.02. The van der Waals surface area contributed by atoms with E-state index < -0.39 is 0 Å². The van der Waals surface area contributed by atoms with Crippen molar-refractivity contribution in [2.24, 2.45) is 5.92 Å². The molecule has 0 saturated carbocycles. The number of nitrogens with zero attached hydrogens (tertiary/aromatic N) is 1. The number of nitrogens with one attached hydrogen (secondary N) is 2. The van der Waals surface area contributed by atoms with Crippen molar-refractivity contribution >= 4 is 22.9 Å². The first-order chi connectivity index (χ1) is 12.2. The zero-order chi connectivity index (χ0) is 17.2. The van der Waals surface area contributed by atoms with E-state index in [1.54, 1.807) is 0 Å². The van der Waals surface area contributed by atoms with E-state index in [9.17, 15) is 4.79 Å². The molecule has 0 radical (unpaired) electrons. The highest BCUT2D eigenvalue weighted by Gasteiger charge is 2.21. The van der Waals surface area contributed by atoms with Gasteiger partial charge in [0.25, 0.3) is 0 Å². The second-order valence-electron chi connectivity index (χ2n) is 7.32. The Balaban J connectivity index is 1.41. The third kappa shape index (κ3) is 3.87. The molecule has 1 fully saturated rings. The molecule has 1 saturated heterocycles. The van der Waals surface area contributed by atoms with Crippen LogP contribution in [0.1, 0.15) is 59.8 Å². The van der Waals surface area contributed by atoms with Crippen LogP contribution in [0.15, 0.2) is 24.3 Å². The average molecular weight is 356 g/mol. The summed E-state index contributed by atoms with van der Waals surface area (Å²) in [6, 6.07) is 8.56. The third-order valence-corrected chi connectivity index (χ3v) is 6.31. The predicted molar refractivity (Wildman–Crippen MR) is 102 cm³/mol. The molecule has 4 nitrogen and oxygen atoms in total. The van der Waals surface area contributed by atoms with Gasteiger partial charge >= 0.3 is 0 Å². The highest BCUT2D eigenvalue weighted by atomic mass is 32.1. The number of fused-ring (bicyclic) bond motifs is 1. The van der Waals surface area contributed by atoms with Crippen molar-refractivity contribution in [3.05, 3.63) is 45.4 Å². The van der Waals surface area contributed by atoms with Gasteiger partial charge in [-0.1, -0.05) is 19.1 Å². The van der Waals surface area contributed by atoms with Crippen molar-refractivity contribution in [1.29, 1.82) is 0 Å². The third-order valence-electron chi connectivity index (χ3n) is 5.19. The molecule has 2 N–H and O–H groups in total. The Kier molecular flexibility index (Phi) is 4.75. The summed E-state index contributed by atoms with van der Waals surface area (Å²) in [5, 5.41) is 7.78. The number of rotatable bonds is 4. The van der Waals surface area contributed by atoms with Gasteiger partial charge in [-0.05, 0) is 55.7 Å². The molecule has 2 heterocycles. The zero-order valence-electron chi connectivity index (χ0n) is 14.7. The molecule has 1 amide bonds. The second kappa shape index (κ2) is 7.16. The van der Waals surface area contributed by atoms with Gasteiger partial charge in [0.1, 0.15) is 5.01 Å². The molecular formula is C20H25N3OS. The summed E-state index contributed by atoms with van der Waals surface area (Å²) in [5.41, 5.74) is 3.60. The van der Waals surface area contributed by atoms with Gasteiger partial charge in [0.2, 0.25) is 5.91 Å². The van der Waals surface area contributed by atoms with E-state index in [0.717, 1.165) is 37.4 Å². The van der Waals surface area contributed by atoms with E-state index in [-0.39, 0.29) is 11.9 Å². The topological polar surface area (TPSA) is 54.0 Å². The second-order valence-corrected chi connectivity index (χ2v) is 8.48. The van der Waals surface area contributed by atoms with Crippen LogP contribution < -0.4 is 10.6 Å². The molecule has 0 spiro atoms. The number of piperidine rings is 1. The van der Waals surface area contributed by atoms with Crippen molar-refractivity contribution in [2.75, 3.05) is 5.32 Å². The van der Waals surface area contributed by atoms with Crippen LogP contribution in [0.25, 0.3) is 0 Å². The van der Waals surface area contributed by atoms with Gasteiger partial charge in [0.05, 0.1) is 18.3 Å². The summed E-state index contributed by atoms with van der Waals surface area (Å²) in [4.78, 5) is 17.9. The monoisotopic (exact) mass is 355 g/mol. The highest BCUT2D eigenvalue weighted by molar-refractivity contribution is 7.11. The fourth-order valence-corrected chi connectivity index (χ4v) is 4.99. The van der Waals surface area contributed by atoms with E-state index in [1.165, 1.54) is 34.0 Å². The largest absolute Gasteiger partial charge is 0.379 e. The fourth-order valence-electron chi connectivity index (χ4n) is 3.77. The standard InChI is InChI=1S/C20H25N3OS/c1-13-8-9-17-18(10-13)25-20(23-17)12-21-15-5-2-4-14(11-15)16-6-3-7-19(24)22-16/h2,4-5,11,13,16,21H,3,6-10,12H2,1H3,(H,22,24). The van der Waals surface area contributed by atoms with Crippen molar-refractivity contribution < 1.29 is 4.79 Å². The van der Waals surface area contributed by atoms with Gasteiger partial charge in [-0.25, -0.2) is 4.98 Å². The maximum absolute atomic E-state index is 11.6. The number of thiazole rings is 1. The SMILES string of the molecule is CC1CCc2nc(CNc3cccc(C4CCCC(=O)N4)c3)sc2C1. The van der Waals surface area contributed by atoms with Crippen LogP contribution >= 0.6 is 11.3 Å². The van der Waals surface area contributed by atoms with Crippen LogP contribution in [0, 0.1) is 5.92 Å². The van der Waals surface area contributed by atoms with Gasteiger partial charge in [-0.2, -0.15) is 0 Å². The summed E-state index contributed by atoms with van der Waals surface area (Å²) in [7, 11) is 0. The number of carbonyl (C=O) groups is 1. The molecule has 4 rings (SSSR count). The molecule has 132 valence electrons. The first kappa shape index (κ1) is 16.6. The number of benzene rings is 1. The van der Waals surface area contributed by atoms with Gasteiger partial charge in [0.15, 0.2) is 0 Å². The van der Waals surface area contributed by atoms with E-state index >= 15 is 0 Å². The van der Waals surface area contributed by atoms with Gasteiger partial charge in [-0.15, -0.1) is 11.3 Å². The van der Waals surface area contributed by atoms with Gasteiger partial charge in [0, 0.05) is 17.0 Å². The molecule has 25 heavy (non-hydrogen) atoms. The van der Waals surface area contributed by atoms with Crippen LogP contribution in [0.5, 0.6) is 0 Å². The number of amides is 1. The Morgan fingerprint density at radius 2 is 2.24 bits per heavy atom. The number of hydrogen-bond donors (Lipinski definition) is 2. The molecule has 1 aliphatic carbocycles. The molecule has 5 heteroatoms. The number of aromatic nitrogens is 1. The fraction of sp³-hybridized carbons (Fsp3) is 0.500. The molecule has 2 atom stereocenters. The number of hydrogen-bond acceptors (Lipinski definition) is 4. The minimum absolute atomic E-state index is 0.150. The van der Waals surface area contributed by atoms with Crippen molar-refractivity contribution in [3.8, 4) is 0 Å². The summed E-state index contributed by atoms with van der Waals surface area (Å²) in [5.74, 6) is 0.952. The maximum Gasteiger partial charge on any atom is 0.220 e. The first-order valence-corrected chi connectivity index (χ1v) is 10.1. The summed E-state index contributed by atoms with van der Waals surface area (Å²) in [6.45, 7) is 3.10. The molecule has 1 aliphatic heterocycles. The van der Waals surface area contributed by atoms with Crippen molar-refractivity contribution in [2.45, 2.75) is 58.0 Å². The van der Waals surface area contributed by atoms with Gasteiger partial charge in [-0.3, -0.25) is 4.79 Å². The van der Waals surface area contributed by atoms with Crippen LogP contribution in [-0.4, -0.2) is 10.9 Å². The molecule has 2 aromatic rings. The normalized spacial score (nSPS) is 23.0. The summed E-state index contributed by atoms with van der Waals surface area (Å²) < 4.78 is 0. The van der Waals surface area contributed by atoms with Crippen molar-refractivity contribution in [1.82, 2.24) is 10.3 Å². The molecule has 2 unspecified atom stereocenters. The summed E-state index contributed by atoms with van der Waals surface area (Å²) in [6.07, 6.45) is 6.22. The van der Waals surface area contributed by atoms with E-state index in [0.29, 0.717) is 6.42 Å². The van der Waals surface area contributed by atoms with E-state index in [4.69, 9.17) is 4.98 Å². The Morgan fingerprint density at radius 1 is 1.32 bits per heavy atom. The Hall–Kier alpha value is -1.88. The smallest absolute Gasteiger partial charge is 0.220 e. The maximum atomic E-state index is 11.6. The van der Waals surface area contributed by atoms with E-state index in [1.807, 2.05) is 11.3 Å². The quantitative estimate of drug-likeness (QED) is 0.863. The lowest BCUT2D eigenvalue weighted by atomic mass is 9.93. The Morgan fingerprint density at radius 3 is 3.12 bits per heavy atom. The lowest BCUT2D eigenvalue weighted by molar-refractivity contribution is -0.123. The lowest BCUT2D eigenvalue weighted by Crippen LogP contribution is -2.32. The molecule has 2 aliphatic rings. The summed E-state index contributed by atoms with van der Waals surface area (Å²) >= 11 is 1.86. The molecular weight excluding hydrogens is 330 g/mol. The number of anilines is 1. The van der Waals surface area contributed by atoms with Gasteiger partial charge < -0.3 is 10.6 Å². The lowest BCUT2D eigenvalue weighted by Gasteiger charge is -2.24. The minimum atomic E-state index is 0.150. The number of aryl methyl sites for hydroxylation is 1. The molecule has 1 aromatic carbocycles. The Bertz CT molecular complexity index is 770.